The molecule has 2 heterocycles. The fourth-order valence-corrected chi connectivity index (χ4v) is 6.57. The Morgan fingerprint density at radius 3 is 1.38 bits per heavy atom. The maximum atomic E-state index is 6.43. The topological polar surface area (TPSA) is 51.8 Å². The highest BCUT2D eigenvalue weighted by Gasteiger charge is 2.20. The van der Waals surface area contributed by atoms with E-state index in [2.05, 4.69) is 0 Å². The van der Waals surface area contributed by atoms with Gasteiger partial charge in [0.1, 0.15) is 89.6 Å². The summed E-state index contributed by atoms with van der Waals surface area (Å²) in [5, 5.41) is 1.63. The van der Waals surface area contributed by atoms with Crippen LogP contribution in [0, 0.1) is 0 Å². The number of nitrogens with zero attached hydrogens (tertiary/aromatic N) is 3. The van der Waals surface area contributed by atoms with Crippen LogP contribution in [0.3, 0.4) is 0 Å². The molecule has 0 aliphatic carbocycles. The van der Waals surface area contributed by atoms with Crippen LogP contribution < -0.4 is 54.6 Å². The average molecular weight is 650 g/mol. The molecule has 0 spiro atoms. The number of hydrogen-bond donors (Lipinski definition) is 0. The number of fused-ring (bicyclic) bond motifs is 3. The van der Waals surface area contributed by atoms with Crippen LogP contribution in [0.4, 0.5) is 0 Å². The monoisotopic (exact) mass is 651 g/mol. The Morgan fingerprint density at radius 2 is 0.811 bits per heavy atom. The summed E-state index contributed by atoms with van der Waals surface area (Å²) in [7, 11) is 62.3. The lowest BCUT2D eigenvalue weighted by Gasteiger charge is -2.21. The zero-order valence-corrected chi connectivity index (χ0v) is 28.2. The van der Waals surface area contributed by atoms with Crippen LogP contribution in [0.15, 0.2) is 95.4 Å². The molecule has 0 fully saturated rings. The van der Waals surface area contributed by atoms with Gasteiger partial charge in [-0.2, -0.15) is 0 Å². The van der Waals surface area contributed by atoms with Gasteiger partial charge in [0.05, 0.1) is 0 Å². The molecule has 0 aliphatic heterocycles. The second-order valence-electron chi connectivity index (χ2n) is 12.6. The molecular formula is C39H15B10N3O. The van der Waals surface area contributed by atoms with Crippen molar-refractivity contribution in [2.24, 2.45) is 0 Å². The maximum Gasteiger partial charge on any atom is 0.164 e. The van der Waals surface area contributed by atoms with Crippen molar-refractivity contribution in [3.05, 3.63) is 91.0 Å². The number of aromatic nitrogens is 3. The summed E-state index contributed by atoms with van der Waals surface area (Å²) in [6.45, 7) is 0. The first kappa shape index (κ1) is 34.8. The van der Waals surface area contributed by atoms with Gasteiger partial charge in [0, 0.05) is 33.0 Å². The molecule has 53 heavy (non-hydrogen) atoms. The van der Waals surface area contributed by atoms with Gasteiger partial charge in [-0.05, 0) is 34.9 Å². The molecule has 0 bridgehead atoms. The quantitative estimate of drug-likeness (QED) is 0.204. The summed E-state index contributed by atoms with van der Waals surface area (Å²) in [5.74, 6) is 1.39. The Balaban J connectivity index is 1.27. The molecule has 0 saturated carbocycles. The van der Waals surface area contributed by atoms with Crippen LogP contribution in [-0.4, -0.2) is 93.4 Å². The van der Waals surface area contributed by atoms with Crippen molar-refractivity contribution < 1.29 is 4.42 Å². The number of rotatable bonds is 5. The second-order valence-corrected chi connectivity index (χ2v) is 12.6. The smallest absolute Gasteiger partial charge is 0.164 e. The van der Waals surface area contributed by atoms with Crippen molar-refractivity contribution in [1.29, 1.82) is 0 Å². The number of furan rings is 1. The lowest BCUT2D eigenvalue weighted by Crippen LogP contribution is -2.55. The van der Waals surface area contributed by atoms with Crippen molar-refractivity contribution in [1.82, 2.24) is 15.0 Å². The molecule has 8 aromatic rings. The Hall–Kier alpha value is -5.22. The molecule has 8 rings (SSSR count). The Bertz CT molecular complexity index is 2730. The fourth-order valence-electron chi connectivity index (χ4n) is 6.57. The van der Waals surface area contributed by atoms with Crippen LogP contribution in [0.2, 0.25) is 0 Å². The second kappa shape index (κ2) is 13.3. The minimum Gasteiger partial charge on any atom is -0.455 e. The first-order valence-electron chi connectivity index (χ1n) is 16.4. The third-order valence-corrected chi connectivity index (χ3v) is 9.52. The highest BCUT2D eigenvalue weighted by Crippen LogP contribution is 2.37. The van der Waals surface area contributed by atoms with E-state index in [1.165, 1.54) is 0 Å². The molecular weight excluding hydrogens is 635 g/mol. The van der Waals surface area contributed by atoms with E-state index in [1.54, 1.807) is 0 Å². The van der Waals surface area contributed by atoms with Crippen molar-refractivity contribution in [2.45, 2.75) is 0 Å². The van der Waals surface area contributed by atoms with Crippen LogP contribution in [0.1, 0.15) is 0 Å². The third kappa shape index (κ3) is 5.74. The predicted molar refractivity (Wildman–Crippen MR) is 228 cm³/mol. The van der Waals surface area contributed by atoms with Crippen molar-refractivity contribution >= 4 is 155 Å². The van der Waals surface area contributed by atoms with Gasteiger partial charge in [-0.15, -0.1) is 32.8 Å². The zero-order valence-electron chi connectivity index (χ0n) is 28.2. The zero-order chi connectivity index (χ0) is 37.3. The van der Waals surface area contributed by atoms with E-state index in [4.69, 9.17) is 97.8 Å². The van der Waals surface area contributed by atoms with Gasteiger partial charge in [0.25, 0.3) is 0 Å². The molecule has 0 unspecified atom stereocenters. The van der Waals surface area contributed by atoms with Crippen molar-refractivity contribution in [2.75, 3.05) is 0 Å². The molecule has 14 heteroatoms. The van der Waals surface area contributed by atoms with E-state index >= 15 is 0 Å². The molecule has 6 aromatic carbocycles. The Morgan fingerprint density at radius 1 is 0.358 bits per heavy atom. The van der Waals surface area contributed by atoms with E-state index < -0.39 is 0 Å². The van der Waals surface area contributed by atoms with E-state index in [1.807, 2.05) is 91.0 Å². The lowest BCUT2D eigenvalue weighted by atomic mass is 9.59. The molecule has 2 aromatic heterocycles. The summed E-state index contributed by atoms with van der Waals surface area (Å²) < 4.78 is 6.40. The first-order chi connectivity index (χ1) is 25.4. The van der Waals surface area contributed by atoms with Gasteiger partial charge >= 0.3 is 0 Å². The van der Waals surface area contributed by atoms with Crippen LogP contribution in [0.5, 0.6) is 0 Å². The largest absolute Gasteiger partial charge is 0.455 e. The summed E-state index contributed by atoms with van der Waals surface area (Å²) in [5.41, 5.74) is 7.62. The van der Waals surface area contributed by atoms with Crippen LogP contribution in [-0.2, 0) is 0 Å². The number of benzene rings is 6. The molecule has 20 radical (unpaired) electrons. The van der Waals surface area contributed by atoms with Crippen LogP contribution in [0.25, 0.3) is 78.4 Å². The Kier molecular flexibility index (Phi) is 8.76. The highest BCUT2D eigenvalue weighted by atomic mass is 16.3. The van der Waals surface area contributed by atoms with Crippen molar-refractivity contribution in [3.63, 3.8) is 0 Å². The average Bonchev–Trinajstić information content (AvgIpc) is 3.57. The summed E-state index contributed by atoms with van der Waals surface area (Å²) >= 11 is 0. The lowest BCUT2D eigenvalue weighted by molar-refractivity contribution is 0.670. The standard InChI is InChI=1S/C39H15B10N3O/c40-26-24(27(41)31(45)34(48)30(26)44)16-9-11-18(12-10-16)38-50-37(17-5-2-1-3-6-17)51-39(52-38)19-13-14-23-22(15-19)20-7-4-8-21(36(20)53-23)25-28(42)32(46)35(49)33(47)29(25)43/h1-15H. The molecule has 0 N–H and O–H groups in total. The van der Waals surface area contributed by atoms with Gasteiger partial charge in [-0.3, -0.25) is 0 Å². The minimum atomic E-state index is 0.138. The molecule has 0 aliphatic rings. The normalized spacial score (nSPS) is 11.4. The molecule has 0 saturated heterocycles. The highest BCUT2D eigenvalue weighted by molar-refractivity contribution is 6.70. The number of hydrogen-bond acceptors (Lipinski definition) is 4. The molecule has 222 valence electrons. The predicted octanol–water partition coefficient (Wildman–Crippen LogP) is -1.96. The van der Waals surface area contributed by atoms with Gasteiger partial charge in [0.2, 0.25) is 0 Å². The van der Waals surface area contributed by atoms with Crippen molar-refractivity contribution in [3.8, 4) is 56.4 Å². The van der Waals surface area contributed by atoms with Gasteiger partial charge in [-0.1, -0.05) is 94.6 Å². The maximum absolute atomic E-state index is 6.43. The molecule has 0 amide bonds. The fraction of sp³-hybridized carbons (Fsp3) is 0. The third-order valence-electron chi connectivity index (χ3n) is 9.52. The van der Waals surface area contributed by atoms with E-state index in [0.29, 0.717) is 50.9 Å². The molecule has 0 atom stereocenters. The van der Waals surface area contributed by atoms with Gasteiger partial charge in [-0.25, -0.2) is 15.0 Å². The van der Waals surface area contributed by atoms with E-state index in [0.717, 1.165) is 27.5 Å². The van der Waals surface area contributed by atoms with Crippen LogP contribution >= 0.6 is 0 Å². The van der Waals surface area contributed by atoms with E-state index in [-0.39, 0.29) is 54.6 Å². The summed E-state index contributed by atoms with van der Waals surface area (Å²) in [6, 6.07) is 28.5. The van der Waals surface area contributed by atoms with E-state index in [9.17, 15) is 0 Å². The summed E-state index contributed by atoms with van der Waals surface area (Å²) in [6.07, 6.45) is 0. The SMILES string of the molecule is [B]c1c([B])c([B])c(-c2ccc(-c3nc(-c4ccccc4)nc(-c4ccc5oc6c(-c7c([B])c([B])c([B])c([B])c7[B])cccc6c5c4)n3)cc2)c([B])c1[B]. The van der Waals surface area contributed by atoms with Gasteiger partial charge < -0.3 is 4.42 Å². The van der Waals surface area contributed by atoms with Gasteiger partial charge in [0.15, 0.2) is 17.5 Å². The minimum absolute atomic E-state index is 0.138. The summed E-state index contributed by atoms with van der Waals surface area (Å²) in [4.78, 5) is 14.7. The molecule has 4 nitrogen and oxygen atoms in total. The Labute approximate surface area is 320 Å². The first-order valence-corrected chi connectivity index (χ1v) is 16.4. The number of para-hydroxylation sites is 1.